The monoisotopic (exact) mass is 393 g/mol. The Morgan fingerprint density at radius 3 is 2.48 bits per heavy atom. The van der Waals surface area contributed by atoms with Gasteiger partial charge in [-0.3, -0.25) is 9.69 Å². The van der Waals surface area contributed by atoms with Crippen molar-refractivity contribution in [2.24, 2.45) is 0 Å². The van der Waals surface area contributed by atoms with Gasteiger partial charge in [-0.05, 0) is 42.6 Å². The van der Waals surface area contributed by atoms with Crippen LogP contribution in [0.3, 0.4) is 0 Å². The summed E-state index contributed by atoms with van der Waals surface area (Å²) in [6, 6.07) is 16.3. The minimum absolute atomic E-state index is 0. The summed E-state index contributed by atoms with van der Waals surface area (Å²) in [5.74, 6) is 0.241. The summed E-state index contributed by atoms with van der Waals surface area (Å²) in [6.07, 6.45) is 2.67. The highest BCUT2D eigenvalue weighted by Gasteiger charge is 2.15. The highest BCUT2D eigenvalue weighted by atomic mass is 79.9. The first-order chi connectivity index (χ1) is 10.7. The van der Waals surface area contributed by atoms with E-state index in [4.69, 9.17) is 0 Å². The molecule has 0 N–H and O–H groups in total. The van der Waals surface area contributed by atoms with Crippen LogP contribution in [-0.2, 0) is 13.0 Å². The topological polar surface area (TPSA) is 20.3 Å². The van der Waals surface area contributed by atoms with E-state index in [2.05, 4.69) is 45.1 Å². The average molecular weight is 395 g/mol. The lowest BCUT2D eigenvalue weighted by Gasteiger charge is -2.28. The Kier molecular flexibility index (Phi) is 6.82. The number of hydrogen-bond acceptors (Lipinski definition) is 2. The van der Waals surface area contributed by atoms with Gasteiger partial charge in [0, 0.05) is 29.5 Å². The third kappa shape index (κ3) is 4.90. The summed E-state index contributed by atoms with van der Waals surface area (Å²) in [5, 5.41) is 0. The number of benzene rings is 2. The van der Waals surface area contributed by atoms with E-state index in [0.29, 0.717) is 6.42 Å². The van der Waals surface area contributed by atoms with E-state index < -0.39 is 0 Å². The summed E-state index contributed by atoms with van der Waals surface area (Å²) in [6.45, 7) is 3.11. The van der Waals surface area contributed by atoms with E-state index in [0.717, 1.165) is 42.5 Å². The number of carbonyl (C=O) groups is 1. The van der Waals surface area contributed by atoms with Gasteiger partial charge in [0.2, 0.25) is 0 Å². The molecule has 4 heteroatoms. The summed E-state index contributed by atoms with van der Waals surface area (Å²) in [7, 11) is 0. The Hall–Kier alpha value is -1.16. The van der Waals surface area contributed by atoms with Gasteiger partial charge in [-0.2, -0.15) is 0 Å². The van der Waals surface area contributed by atoms with Gasteiger partial charge in [0.15, 0.2) is 5.78 Å². The molecule has 0 bridgehead atoms. The molecular formula is C19H21BrClNO. The van der Waals surface area contributed by atoms with Gasteiger partial charge in [-0.1, -0.05) is 52.3 Å². The second kappa shape index (κ2) is 8.62. The molecule has 0 aromatic heterocycles. The van der Waals surface area contributed by atoms with Crippen molar-refractivity contribution in [3.8, 4) is 0 Å². The first-order valence-corrected chi connectivity index (χ1v) is 8.59. The minimum atomic E-state index is 0. The molecule has 0 amide bonds. The zero-order valence-electron chi connectivity index (χ0n) is 13.0. The number of Topliss-reactive ketones (excluding diaryl/α,β-unsaturated/α-hetero) is 1. The van der Waals surface area contributed by atoms with E-state index in [9.17, 15) is 4.79 Å². The fourth-order valence-electron chi connectivity index (χ4n) is 2.99. The quantitative estimate of drug-likeness (QED) is 0.673. The van der Waals surface area contributed by atoms with Gasteiger partial charge in [0.25, 0.3) is 0 Å². The van der Waals surface area contributed by atoms with Gasteiger partial charge < -0.3 is 0 Å². The molecule has 1 aliphatic heterocycles. The van der Waals surface area contributed by atoms with Crippen LogP contribution in [0.4, 0.5) is 0 Å². The summed E-state index contributed by atoms with van der Waals surface area (Å²) >= 11 is 3.39. The second-order valence-electron chi connectivity index (χ2n) is 5.83. The minimum Gasteiger partial charge on any atom is -0.299 e. The molecule has 23 heavy (non-hydrogen) atoms. The van der Waals surface area contributed by atoms with Gasteiger partial charge in [0.05, 0.1) is 0 Å². The van der Waals surface area contributed by atoms with Crippen LogP contribution in [0, 0.1) is 0 Å². The van der Waals surface area contributed by atoms with Crippen molar-refractivity contribution in [3.05, 3.63) is 69.7 Å². The molecule has 0 saturated carbocycles. The molecule has 0 saturated heterocycles. The van der Waals surface area contributed by atoms with Crippen molar-refractivity contribution in [1.82, 2.24) is 4.90 Å². The van der Waals surface area contributed by atoms with Crippen LogP contribution in [0.5, 0.6) is 0 Å². The van der Waals surface area contributed by atoms with Crippen LogP contribution >= 0.6 is 28.3 Å². The Morgan fingerprint density at radius 1 is 1.04 bits per heavy atom. The molecule has 3 rings (SSSR count). The van der Waals surface area contributed by atoms with Crippen LogP contribution < -0.4 is 0 Å². The number of halogens is 2. The van der Waals surface area contributed by atoms with E-state index in [1.807, 2.05) is 24.3 Å². The third-order valence-electron chi connectivity index (χ3n) is 4.25. The second-order valence-corrected chi connectivity index (χ2v) is 6.74. The van der Waals surface area contributed by atoms with E-state index in [-0.39, 0.29) is 18.2 Å². The molecule has 2 nitrogen and oxygen atoms in total. The first kappa shape index (κ1) is 18.2. The number of fused-ring (bicyclic) bond motifs is 1. The van der Waals surface area contributed by atoms with Crippen LogP contribution in [0.15, 0.2) is 53.0 Å². The Bertz CT molecular complexity index is 657. The van der Waals surface area contributed by atoms with Crippen LogP contribution in [0.1, 0.15) is 34.3 Å². The van der Waals surface area contributed by atoms with Crippen LogP contribution in [-0.4, -0.2) is 23.8 Å². The predicted molar refractivity (Wildman–Crippen MR) is 100 cm³/mol. The van der Waals surface area contributed by atoms with Crippen molar-refractivity contribution >= 4 is 34.1 Å². The third-order valence-corrected chi connectivity index (χ3v) is 4.78. The molecule has 0 atom stereocenters. The standard InChI is InChI=1S/C19H20BrNO.ClH/c20-18-9-7-16(8-10-18)19(22)6-3-12-21-13-11-15-4-1-2-5-17(15)14-21;/h1-2,4-5,7-10H,3,6,11-14H2;1H. The lowest BCUT2D eigenvalue weighted by Crippen LogP contribution is -2.31. The zero-order valence-corrected chi connectivity index (χ0v) is 15.4. The molecule has 1 heterocycles. The van der Waals surface area contributed by atoms with Crippen molar-refractivity contribution in [3.63, 3.8) is 0 Å². The molecule has 2 aromatic carbocycles. The van der Waals surface area contributed by atoms with Crippen molar-refractivity contribution in [2.75, 3.05) is 13.1 Å². The number of hydrogen-bond donors (Lipinski definition) is 0. The largest absolute Gasteiger partial charge is 0.299 e. The smallest absolute Gasteiger partial charge is 0.162 e. The molecule has 1 aliphatic rings. The molecule has 0 radical (unpaired) electrons. The fraction of sp³-hybridized carbons (Fsp3) is 0.316. The maximum atomic E-state index is 12.2. The predicted octanol–water partition coefficient (Wildman–Crippen LogP) is 4.89. The van der Waals surface area contributed by atoms with Crippen LogP contribution in [0.25, 0.3) is 0 Å². The normalized spacial score (nSPS) is 14.0. The highest BCUT2D eigenvalue weighted by molar-refractivity contribution is 9.10. The van der Waals surface area contributed by atoms with Crippen LogP contribution in [0.2, 0.25) is 0 Å². The molecule has 0 unspecified atom stereocenters. The maximum Gasteiger partial charge on any atom is 0.162 e. The Morgan fingerprint density at radius 2 is 1.74 bits per heavy atom. The zero-order chi connectivity index (χ0) is 15.4. The number of nitrogens with zero attached hydrogens (tertiary/aromatic N) is 1. The number of rotatable bonds is 5. The van der Waals surface area contributed by atoms with Gasteiger partial charge in [-0.15, -0.1) is 12.4 Å². The lowest BCUT2D eigenvalue weighted by atomic mass is 9.99. The van der Waals surface area contributed by atoms with Gasteiger partial charge >= 0.3 is 0 Å². The average Bonchev–Trinajstić information content (AvgIpc) is 2.55. The van der Waals surface area contributed by atoms with Crippen molar-refractivity contribution in [2.45, 2.75) is 25.8 Å². The first-order valence-electron chi connectivity index (χ1n) is 7.80. The van der Waals surface area contributed by atoms with E-state index in [1.165, 1.54) is 11.1 Å². The fourth-order valence-corrected chi connectivity index (χ4v) is 3.25. The maximum absolute atomic E-state index is 12.2. The molecule has 2 aromatic rings. The van der Waals surface area contributed by atoms with Gasteiger partial charge in [-0.25, -0.2) is 0 Å². The molecule has 0 spiro atoms. The Labute approximate surface area is 152 Å². The van der Waals surface area contributed by atoms with E-state index >= 15 is 0 Å². The van der Waals surface area contributed by atoms with Gasteiger partial charge in [0.1, 0.15) is 0 Å². The summed E-state index contributed by atoms with van der Waals surface area (Å²) in [5.41, 5.74) is 3.73. The Balaban J connectivity index is 0.00000192. The molecule has 0 fully saturated rings. The number of carbonyl (C=O) groups excluding carboxylic acids is 1. The molecular weight excluding hydrogens is 374 g/mol. The number of ketones is 1. The van der Waals surface area contributed by atoms with Crippen molar-refractivity contribution in [1.29, 1.82) is 0 Å². The highest BCUT2D eigenvalue weighted by Crippen LogP contribution is 2.19. The van der Waals surface area contributed by atoms with E-state index in [1.54, 1.807) is 0 Å². The van der Waals surface area contributed by atoms with Crippen molar-refractivity contribution < 1.29 is 4.79 Å². The molecule has 0 aliphatic carbocycles. The molecule has 122 valence electrons. The summed E-state index contributed by atoms with van der Waals surface area (Å²) < 4.78 is 1.01. The SMILES string of the molecule is Cl.O=C(CCCN1CCc2ccccc2C1)c1ccc(Br)cc1. The lowest BCUT2D eigenvalue weighted by molar-refractivity contribution is 0.0973. The summed E-state index contributed by atoms with van der Waals surface area (Å²) in [4.78, 5) is 14.6.